The fraction of sp³-hybridized carbons (Fsp3) is 0.0606. The zero-order valence-electron chi connectivity index (χ0n) is 37.7. The predicted molar refractivity (Wildman–Crippen MR) is 283 cm³/mol. The summed E-state index contributed by atoms with van der Waals surface area (Å²) in [5.41, 5.74) is 22.2. The molecule has 1 spiro atoms. The first kappa shape index (κ1) is 37.7. The number of nitrogens with zero attached hydrogens (tertiary/aromatic N) is 1. The van der Waals surface area contributed by atoms with Gasteiger partial charge in [0.25, 0.3) is 0 Å². The summed E-state index contributed by atoms with van der Waals surface area (Å²) < 4.78 is 6.65. The zero-order valence-corrected chi connectivity index (χ0v) is 37.7. The smallest absolute Gasteiger partial charge is 0.137 e. The normalized spacial score (nSPS) is 15.7. The van der Waals surface area contributed by atoms with E-state index < -0.39 is 5.41 Å². The van der Waals surface area contributed by atoms with Crippen molar-refractivity contribution in [1.82, 2.24) is 0 Å². The van der Waals surface area contributed by atoms with Crippen LogP contribution in [0.1, 0.15) is 47.2 Å². The lowest BCUT2D eigenvalue weighted by Gasteiger charge is -2.37. The fourth-order valence-electron chi connectivity index (χ4n) is 13.1. The highest BCUT2D eigenvalue weighted by molar-refractivity contribution is 6.20. The molecule has 0 radical (unpaired) electrons. The third-order valence-corrected chi connectivity index (χ3v) is 15.9. The van der Waals surface area contributed by atoms with Crippen molar-refractivity contribution in [3.05, 3.63) is 258 Å². The van der Waals surface area contributed by atoms with Crippen molar-refractivity contribution in [3.8, 4) is 44.5 Å². The molecule has 2 heteroatoms. The van der Waals surface area contributed by atoms with Crippen LogP contribution in [0.4, 0.5) is 17.1 Å². The maximum Gasteiger partial charge on any atom is 0.137 e. The van der Waals surface area contributed by atoms with Crippen LogP contribution in [0.2, 0.25) is 0 Å². The van der Waals surface area contributed by atoms with Crippen molar-refractivity contribution in [1.29, 1.82) is 0 Å². The second kappa shape index (κ2) is 13.6. The molecule has 2 nitrogen and oxygen atoms in total. The molecule has 1 unspecified atom stereocenters. The molecule has 15 rings (SSSR count). The minimum atomic E-state index is -0.710. The highest BCUT2D eigenvalue weighted by Crippen LogP contribution is 2.65. The number of para-hydroxylation sites is 1. The molecular weight excluding hydrogens is 823 g/mol. The van der Waals surface area contributed by atoms with Crippen LogP contribution in [0.3, 0.4) is 0 Å². The summed E-state index contributed by atoms with van der Waals surface area (Å²) in [6, 6.07) is 84.2. The van der Waals surface area contributed by atoms with Gasteiger partial charge in [-0.15, -0.1) is 0 Å². The average molecular weight is 866 g/mol. The molecule has 0 saturated heterocycles. The molecule has 0 fully saturated rings. The molecule has 318 valence electrons. The van der Waals surface area contributed by atoms with Gasteiger partial charge < -0.3 is 9.32 Å². The number of fused-ring (bicyclic) bond motifs is 23. The Kier molecular flexibility index (Phi) is 7.53. The van der Waals surface area contributed by atoms with Gasteiger partial charge in [-0.05, 0) is 142 Å². The molecule has 0 saturated carbocycles. The van der Waals surface area contributed by atoms with Crippen LogP contribution >= 0.6 is 0 Å². The Morgan fingerprint density at radius 3 is 1.51 bits per heavy atom. The molecule has 3 aliphatic rings. The fourth-order valence-corrected chi connectivity index (χ4v) is 13.1. The number of anilines is 3. The Balaban J connectivity index is 1.11. The van der Waals surface area contributed by atoms with E-state index in [-0.39, 0.29) is 5.41 Å². The summed E-state index contributed by atoms with van der Waals surface area (Å²) in [5.74, 6) is 0. The van der Waals surface area contributed by atoms with Crippen LogP contribution in [0, 0.1) is 0 Å². The molecular formula is C66H43NO. The minimum Gasteiger partial charge on any atom is -0.456 e. The molecule has 1 aromatic heterocycles. The van der Waals surface area contributed by atoms with Crippen molar-refractivity contribution < 1.29 is 4.42 Å². The third kappa shape index (κ3) is 4.76. The van der Waals surface area contributed by atoms with Crippen molar-refractivity contribution in [2.75, 3.05) is 4.90 Å². The zero-order chi connectivity index (χ0) is 44.9. The Morgan fingerprint density at radius 2 is 0.809 bits per heavy atom. The molecule has 11 aromatic carbocycles. The Hall–Kier alpha value is -8.46. The SMILES string of the molecule is CC1(C)c2ccccc2-c2ccc(N(c3ccc4c(c3)C3(c5ccccc5-c5ccccc5-4)c4ccccc4-c4c3c3ccccc3c3ccccc43)c3cccc4oc5ccccc5c34)cc21. The average Bonchev–Trinajstić information content (AvgIpc) is 3.98. The Bertz CT molecular complexity index is 4150. The number of benzene rings is 11. The number of rotatable bonds is 3. The van der Waals surface area contributed by atoms with Gasteiger partial charge in [-0.1, -0.05) is 196 Å². The second-order valence-electron chi connectivity index (χ2n) is 19.4. The highest BCUT2D eigenvalue weighted by atomic mass is 16.3. The number of hydrogen-bond donors (Lipinski definition) is 0. The molecule has 1 heterocycles. The van der Waals surface area contributed by atoms with Crippen molar-refractivity contribution in [3.63, 3.8) is 0 Å². The topological polar surface area (TPSA) is 16.4 Å². The van der Waals surface area contributed by atoms with Gasteiger partial charge in [0.15, 0.2) is 0 Å². The molecule has 0 N–H and O–H groups in total. The molecule has 3 aliphatic carbocycles. The molecule has 12 aromatic rings. The maximum atomic E-state index is 6.65. The van der Waals surface area contributed by atoms with E-state index in [1.165, 1.54) is 99.4 Å². The minimum absolute atomic E-state index is 0.186. The first-order valence-electron chi connectivity index (χ1n) is 23.8. The monoisotopic (exact) mass is 865 g/mol. The molecule has 1 atom stereocenters. The van der Waals surface area contributed by atoms with Crippen LogP contribution in [0.25, 0.3) is 88.0 Å². The summed E-state index contributed by atoms with van der Waals surface area (Å²) in [4.78, 5) is 2.51. The second-order valence-corrected chi connectivity index (χ2v) is 19.4. The standard InChI is InChI=1S/C66H43NO/c1-65(2)54-28-13-9-23-47(54)49-37-35-40(38-57(49)65)67(59-31-17-33-61-63(59)53-27-12-16-32-60(53)68-61)41-34-36-48-43-19-4-3-18-42(43)46-22-10-14-29-55(46)66(58(48)39-41)56-30-15-11-26-52(56)62-50-24-7-5-20-44(50)45-21-6-8-25-51(45)64(62)66/h3-39H,1-2H3. The molecule has 68 heavy (non-hydrogen) atoms. The van der Waals surface area contributed by atoms with Crippen molar-refractivity contribution >= 4 is 60.5 Å². The molecule has 0 amide bonds. The summed E-state index contributed by atoms with van der Waals surface area (Å²) in [6.07, 6.45) is 0. The van der Waals surface area contributed by atoms with E-state index in [0.29, 0.717) is 0 Å². The van der Waals surface area contributed by atoms with E-state index in [1.807, 2.05) is 0 Å². The third-order valence-electron chi connectivity index (χ3n) is 15.9. The highest BCUT2D eigenvalue weighted by Gasteiger charge is 2.51. The van der Waals surface area contributed by atoms with Crippen molar-refractivity contribution in [2.45, 2.75) is 24.7 Å². The molecule has 0 bridgehead atoms. The van der Waals surface area contributed by atoms with Gasteiger partial charge in [-0.25, -0.2) is 0 Å². The summed E-state index contributed by atoms with van der Waals surface area (Å²) in [7, 11) is 0. The van der Waals surface area contributed by atoms with E-state index in [2.05, 4.69) is 243 Å². The lowest BCUT2D eigenvalue weighted by molar-refractivity contribution is 0.660. The van der Waals surface area contributed by atoms with Crippen LogP contribution in [-0.4, -0.2) is 0 Å². The largest absolute Gasteiger partial charge is 0.456 e. The number of hydrogen-bond acceptors (Lipinski definition) is 2. The van der Waals surface area contributed by atoms with Gasteiger partial charge >= 0.3 is 0 Å². The van der Waals surface area contributed by atoms with E-state index in [4.69, 9.17) is 4.42 Å². The molecule has 0 aliphatic heterocycles. The van der Waals surface area contributed by atoms with E-state index >= 15 is 0 Å². The van der Waals surface area contributed by atoms with Crippen LogP contribution in [0.15, 0.2) is 229 Å². The maximum absolute atomic E-state index is 6.65. The van der Waals surface area contributed by atoms with E-state index in [0.717, 1.165) is 39.0 Å². The van der Waals surface area contributed by atoms with Crippen LogP contribution < -0.4 is 4.90 Å². The van der Waals surface area contributed by atoms with Gasteiger partial charge in [0.1, 0.15) is 11.2 Å². The van der Waals surface area contributed by atoms with Gasteiger partial charge in [-0.2, -0.15) is 0 Å². The quantitative estimate of drug-likeness (QED) is 0.165. The lowest BCUT2D eigenvalue weighted by atomic mass is 9.64. The summed E-state index contributed by atoms with van der Waals surface area (Å²) in [6.45, 7) is 4.75. The summed E-state index contributed by atoms with van der Waals surface area (Å²) >= 11 is 0. The lowest BCUT2D eigenvalue weighted by Crippen LogP contribution is -2.30. The van der Waals surface area contributed by atoms with Crippen LogP contribution in [-0.2, 0) is 10.8 Å². The van der Waals surface area contributed by atoms with Crippen molar-refractivity contribution in [2.24, 2.45) is 0 Å². The van der Waals surface area contributed by atoms with E-state index in [1.54, 1.807) is 0 Å². The Labute approximate surface area is 395 Å². The predicted octanol–water partition coefficient (Wildman–Crippen LogP) is 17.7. The van der Waals surface area contributed by atoms with E-state index in [9.17, 15) is 0 Å². The van der Waals surface area contributed by atoms with Gasteiger partial charge in [0.05, 0.1) is 16.5 Å². The first-order chi connectivity index (χ1) is 33.5. The van der Waals surface area contributed by atoms with Gasteiger partial charge in [-0.3, -0.25) is 0 Å². The first-order valence-corrected chi connectivity index (χ1v) is 23.8. The van der Waals surface area contributed by atoms with Gasteiger partial charge in [0, 0.05) is 22.2 Å². The van der Waals surface area contributed by atoms with Crippen LogP contribution in [0.5, 0.6) is 0 Å². The summed E-state index contributed by atoms with van der Waals surface area (Å²) in [5, 5.41) is 7.31. The number of furan rings is 1. The Morgan fingerprint density at radius 1 is 0.338 bits per heavy atom. The van der Waals surface area contributed by atoms with Gasteiger partial charge in [0.2, 0.25) is 0 Å².